The highest BCUT2D eigenvalue weighted by molar-refractivity contribution is 6.30. The monoisotopic (exact) mass is 311 g/mol. The van der Waals surface area contributed by atoms with Crippen molar-refractivity contribution in [1.29, 1.82) is 0 Å². The second-order valence-electron chi connectivity index (χ2n) is 6.22. The van der Waals surface area contributed by atoms with Crippen LogP contribution in [0.5, 0.6) is 0 Å². The number of benzene rings is 1. The molecule has 21 heavy (non-hydrogen) atoms. The minimum Gasteiger partial charge on any atom is -0.380 e. The molecule has 0 radical (unpaired) electrons. The van der Waals surface area contributed by atoms with Gasteiger partial charge < -0.3 is 5.32 Å². The molecule has 1 saturated carbocycles. The van der Waals surface area contributed by atoms with E-state index < -0.39 is 0 Å². The molecule has 1 aliphatic carbocycles. The minimum atomic E-state index is -0.242. The molecule has 1 aromatic rings. The standard InChI is InChI=1S/C18H27ClFN/c19-15-12-13-18(17(20)14-15)21-16-10-8-6-4-2-1-3-5-7-9-11-16/h12-14,16,21H,1-11H2. The maximum absolute atomic E-state index is 13.9. The van der Waals surface area contributed by atoms with E-state index in [1.54, 1.807) is 12.1 Å². The van der Waals surface area contributed by atoms with Crippen LogP contribution in [-0.4, -0.2) is 6.04 Å². The van der Waals surface area contributed by atoms with Crippen LogP contribution in [0.15, 0.2) is 18.2 Å². The van der Waals surface area contributed by atoms with E-state index in [-0.39, 0.29) is 5.82 Å². The van der Waals surface area contributed by atoms with Gasteiger partial charge in [0.2, 0.25) is 0 Å². The highest BCUT2D eigenvalue weighted by Gasteiger charge is 2.12. The van der Waals surface area contributed by atoms with Crippen LogP contribution in [-0.2, 0) is 0 Å². The lowest BCUT2D eigenvalue weighted by molar-refractivity contribution is 0.478. The van der Waals surface area contributed by atoms with Gasteiger partial charge in [-0.25, -0.2) is 4.39 Å². The zero-order chi connectivity index (χ0) is 14.9. The molecular weight excluding hydrogens is 285 g/mol. The molecule has 0 heterocycles. The number of hydrogen-bond acceptors (Lipinski definition) is 1. The summed E-state index contributed by atoms with van der Waals surface area (Å²) in [7, 11) is 0. The molecule has 1 N–H and O–H groups in total. The third-order valence-corrected chi connectivity index (χ3v) is 4.63. The molecule has 0 bridgehead atoms. The first kappa shape index (κ1) is 16.6. The number of rotatable bonds is 2. The summed E-state index contributed by atoms with van der Waals surface area (Å²) < 4.78 is 13.9. The van der Waals surface area contributed by atoms with E-state index in [1.165, 1.54) is 63.9 Å². The van der Waals surface area contributed by atoms with Crippen molar-refractivity contribution in [2.75, 3.05) is 5.32 Å². The van der Waals surface area contributed by atoms with E-state index in [2.05, 4.69) is 5.32 Å². The highest BCUT2D eigenvalue weighted by atomic mass is 35.5. The summed E-state index contributed by atoms with van der Waals surface area (Å²) in [5.41, 5.74) is 0.594. The third-order valence-electron chi connectivity index (χ3n) is 4.40. The summed E-state index contributed by atoms with van der Waals surface area (Å²) in [5, 5.41) is 3.85. The van der Waals surface area contributed by atoms with Gasteiger partial charge in [-0.3, -0.25) is 0 Å². The Morgan fingerprint density at radius 3 is 1.90 bits per heavy atom. The first-order chi connectivity index (χ1) is 10.3. The Labute approximate surface area is 133 Å². The van der Waals surface area contributed by atoms with Gasteiger partial charge in [0.1, 0.15) is 5.82 Å². The number of hydrogen-bond donors (Lipinski definition) is 1. The van der Waals surface area contributed by atoms with E-state index >= 15 is 0 Å². The van der Waals surface area contributed by atoms with Gasteiger partial charge in [-0.2, -0.15) is 0 Å². The maximum atomic E-state index is 13.9. The summed E-state index contributed by atoms with van der Waals surface area (Å²) in [4.78, 5) is 0. The van der Waals surface area contributed by atoms with E-state index in [9.17, 15) is 4.39 Å². The fourth-order valence-corrected chi connectivity index (χ4v) is 3.29. The minimum absolute atomic E-state index is 0.242. The Bertz CT molecular complexity index is 410. The number of halogens is 2. The summed E-state index contributed by atoms with van der Waals surface area (Å²) in [6.45, 7) is 0. The topological polar surface area (TPSA) is 12.0 Å². The average molecular weight is 312 g/mol. The van der Waals surface area contributed by atoms with Crippen LogP contribution in [0.2, 0.25) is 5.02 Å². The molecule has 0 spiro atoms. The maximum Gasteiger partial charge on any atom is 0.147 e. The predicted molar refractivity (Wildman–Crippen MR) is 89.6 cm³/mol. The van der Waals surface area contributed by atoms with Crippen LogP contribution in [0.4, 0.5) is 10.1 Å². The van der Waals surface area contributed by atoms with Crippen molar-refractivity contribution in [3.63, 3.8) is 0 Å². The van der Waals surface area contributed by atoms with Crippen molar-refractivity contribution >= 4 is 17.3 Å². The molecule has 118 valence electrons. The fourth-order valence-electron chi connectivity index (χ4n) is 3.13. The summed E-state index contributed by atoms with van der Waals surface area (Å²) >= 11 is 5.81. The molecule has 0 saturated heterocycles. The summed E-state index contributed by atoms with van der Waals surface area (Å²) in [6.07, 6.45) is 14.2. The van der Waals surface area contributed by atoms with Crippen LogP contribution < -0.4 is 5.32 Å². The van der Waals surface area contributed by atoms with Crippen LogP contribution in [0.3, 0.4) is 0 Å². The normalized spacial score (nSPS) is 19.5. The Morgan fingerprint density at radius 2 is 1.38 bits per heavy atom. The van der Waals surface area contributed by atoms with Crippen molar-refractivity contribution in [3.8, 4) is 0 Å². The quantitative estimate of drug-likeness (QED) is 0.651. The lowest BCUT2D eigenvalue weighted by Gasteiger charge is -2.21. The lowest BCUT2D eigenvalue weighted by Crippen LogP contribution is -2.20. The molecular formula is C18H27ClFN. The van der Waals surface area contributed by atoms with Crippen LogP contribution >= 0.6 is 11.6 Å². The van der Waals surface area contributed by atoms with Crippen molar-refractivity contribution in [1.82, 2.24) is 0 Å². The molecule has 0 amide bonds. The Kier molecular flexibility index (Phi) is 7.35. The van der Waals surface area contributed by atoms with Gasteiger partial charge in [0.25, 0.3) is 0 Å². The molecule has 2 rings (SSSR count). The molecule has 1 nitrogen and oxygen atoms in total. The Balaban J connectivity index is 1.90. The summed E-state index contributed by atoms with van der Waals surface area (Å²) in [6, 6.07) is 5.29. The second-order valence-corrected chi connectivity index (χ2v) is 6.66. The number of nitrogens with one attached hydrogen (secondary N) is 1. The van der Waals surface area contributed by atoms with Gasteiger partial charge in [0.05, 0.1) is 5.69 Å². The summed E-state index contributed by atoms with van der Waals surface area (Å²) in [5.74, 6) is -0.242. The van der Waals surface area contributed by atoms with Gasteiger partial charge in [-0.15, -0.1) is 0 Å². The molecule has 0 aromatic heterocycles. The molecule has 1 aromatic carbocycles. The van der Waals surface area contributed by atoms with Gasteiger partial charge in [0, 0.05) is 11.1 Å². The third kappa shape index (κ3) is 6.25. The van der Waals surface area contributed by atoms with Crippen molar-refractivity contribution in [2.24, 2.45) is 0 Å². The van der Waals surface area contributed by atoms with Gasteiger partial charge in [-0.05, 0) is 31.0 Å². The van der Waals surface area contributed by atoms with Crippen LogP contribution in [0.25, 0.3) is 0 Å². The van der Waals surface area contributed by atoms with Crippen LogP contribution in [0.1, 0.15) is 70.6 Å². The van der Waals surface area contributed by atoms with Gasteiger partial charge in [0.15, 0.2) is 0 Å². The first-order valence-electron chi connectivity index (χ1n) is 8.47. The predicted octanol–water partition coefficient (Wildman–Crippen LogP) is 6.56. The lowest BCUT2D eigenvalue weighted by atomic mass is 9.98. The molecule has 1 aliphatic rings. The van der Waals surface area contributed by atoms with E-state index in [4.69, 9.17) is 11.6 Å². The fraction of sp³-hybridized carbons (Fsp3) is 0.667. The van der Waals surface area contributed by atoms with Crippen molar-refractivity contribution in [3.05, 3.63) is 29.0 Å². The zero-order valence-electron chi connectivity index (χ0n) is 12.8. The largest absolute Gasteiger partial charge is 0.380 e. The van der Waals surface area contributed by atoms with E-state index in [0.29, 0.717) is 16.8 Å². The average Bonchev–Trinajstić information content (AvgIpc) is 2.44. The van der Waals surface area contributed by atoms with E-state index in [0.717, 1.165) is 12.8 Å². The highest BCUT2D eigenvalue weighted by Crippen LogP contribution is 2.23. The van der Waals surface area contributed by atoms with Crippen molar-refractivity contribution in [2.45, 2.75) is 76.7 Å². The van der Waals surface area contributed by atoms with E-state index in [1.807, 2.05) is 0 Å². The number of anilines is 1. The zero-order valence-corrected chi connectivity index (χ0v) is 13.6. The second kappa shape index (κ2) is 9.30. The Hall–Kier alpha value is -0.760. The SMILES string of the molecule is Fc1cc(Cl)ccc1NC1CCCCCCCCCCC1. The first-order valence-corrected chi connectivity index (χ1v) is 8.85. The molecule has 0 unspecified atom stereocenters. The van der Waals surface area contributed by atoms with Gasteiger partial charge in [-0.1, -0.05) is 69.4 Å². The molecule has 0 atom stereocenters. The van der Waals surface area contributed by atoms with Crippen LogP contribution in [0, 0.1) is 5.82 Å². The van der Waals surface area contributed by atoms with Crippen molar-refractivity contribution < 1.29 is 4.39 Å². The molecule has 1 fully saturated rings. The Morgan fingerprint density at radius 1 is 0.857 bits per heavy atom. The molecule has 3 heteroatoms. The molecule has 0 aliphatic heterocycles. The smallest absolute Gasteiger partial charge is 0.147 e. The van der Waals surface area contributed by atoms with Gasteiger partial charge >= 0.3 is 0 Å².